The van der Waals surface area contributed by atoms with Gasteiger partial charge in [0.15, 0.2) is 0 Å². The molecular weight excluding hydrogens is 389 g/mol. The highest BCUT2D eigenvalue weighted by Crippen LogP contribution is 2.33. The zero-order chi connectivity index (χ0) is 19.1. The molecule has 1 heterocycles. The number of nitrogens with one attached hydrogen (secondary N) is 1. The van der Waals surface area contributed by atoms with Gasteiger partial charge in [0.05, 0.1) is 4.90 Å². The minimum atomic E-state index is 0.452. The van der Waals surface area contributed by atoms with Gasteiger partial charge in [-0.05, 0) is 43.6 Å². The largest absolute Gasteiger partial charge is 0.368 e. The molecule has 0 amide bonds. The number of nitrogens with zero attached hydrogens (tertiary/aromatic N) is 4. The van der Waals surface area contributed by atoms with Crippen LogP contribution in [0.15, 0.2) is 29.2 Å². The summed E-state index contributed by atoms with van der Waals surface area (Å²) < 4.78 is 0. The molecule has 0 bridgehead atoms. The van der Waals surface area contributed by atoms with Crippen molar-refractivity contribution in [3.63, 3.8) is 0 Å². The van der Waals surface area contributed by atoms with Crippen LogP contribution in [0, 0.1) is 0 Å². The summed E-state index contributed by atoms with van der Waals surface area (Å²) in [5.74, 6) is 1.31. The second-order valence-corrected chi connectivity index (χ2v) is 7.30. The number of halogens is 2. The summed E-state index contributed by atoms with van der Waals surface area (Å²) in [5.41, 5.74) is 0.941. The molecule has 0 spiro atoms. The minimum absolute atomic E-state index is 0.452. The Morgan fingerprint density at radius 1 is 1.08 bits per heavy atom. The summed E-state index contributed by atoms with van der Waals surface area (Å²) in [6.45, 7) is 8.14. The number of benzene rings is 1. The van der Waals surface area contributed by atoms with Gasteiger partial charge >= 0.3 is 0 Å². The number of likely N-dealkylation sites (N-methyl/N-ethyl adjacent to an activating group) is 1. The van der Waals surface area contributed by atoms with Crippen molar-refractivity contribution in [3.8, 4) is 0 Å². The summed E-state index contributed by atoms with van der Waals surface area (Å²) in [6, 6.07) is 7.54. The fourth-order valence-electron chi connectivity index (χ4n) is 2.52. The molecule has 0 aliphatic rings. The predicted molar refractivity (Wildman–Crippen MR) is 115 cm³/mol. The minimum Gasteiger partial charge on any atom is -0.368 e. The van der Waals surface area contributed by atoms with Gasteiger partial charge in [-0.15, -0.1) is 11.8 Å². The predicted octanol–water partition coefficient (Wildman–Crippen LogP) is 5.03. The number of hydrogen-bond acceptors (Lipinski definition) is 6. The Kier molecular flexibility index (Phi) is 8.28. The highest BCUT2D eigenvalue weighted by molar-refractivity contribution is 7.98. The normalized spacial score (nSPS) is 11.0. The fraction of sp³-hybridized carbons (Fsp3) is 0.444. The molecular formula is C18H25Cl2N5S. The Labute approximate surface area is 170 Å². The third kappa shape index (κ3) is 5.39. The van der Waals surface area contributed by atoms with E-state index in [0.717, 1.165) is 42.6 Å². The second kappa shape index (κ2) is 10.2. The summed E-state index contributed by atoms with van der Waals surface area (Å²) in [5, 5.41) is 4.56. The number of anilines is 3. The topological polar surface area (TPSA) is 44.3 Å². The zero-order valence-corrected chi connectivity index (χ0v) is 17.9. The molecule has 8 heteroatoms. The summed E-state index contributed by atoms with van der Waals surface area (Å²) in [6.07, 6.45) is 1.97. The lowest BCUT2D eigenvalue weighted by Gasteiger charge is -2.21. The zero-order valence-electron chi connectivity index (χ0n) is 15.6. The Morgan fingerprint density at radius 2 is 1.73 bits per heavy atom. The quantitative estimate of drug-likeness (QED) is 0.459. The molecule has 0 saturated carbocycles. The molecule has 5 nitrogen and oxygen atoms in total. The maximum absolute atomic E-state index is 6.42. The Hall–Kier alpha value is -1.21. The van der Waals surface area contributed by atoms with Gasteiger partial charge in [0.2, 0.25) is 5.95 Å². The molecule has 2 rings (SSSR count). The standard InChI is InChI=1S/C18H25Cl2N5S/c1-5-25(6-2)12-11-21-17-15(26-4)16(20)22-18(23-17)24(3)14-9-7-13(19)8-10-14/h7-10H,5-6,11-12H2,1-4H3,(H,21,22,23). The van der Waals surface area contributed by atoms with E-state index < -0.39 is 0 Å². The maximum Gasteiger partial charge on any atom is 0.233 e. The van der Waals surface area contributed by atoms with Crippen molar-refractivity contribution in [2.75, 3.05) is 49.7 Å². The van der Waals surface area contributed by atoms with E-state index in [1.54, 1.807) is 11.8 Å². The smallest absolute Gasteiger partial charge is 0.233 e. The second-order valence-electron chi connectivity index (χ2n) is 5.69. The number of rotatable bonds is 9. The third-order valence-corrected chi connectivity index (χ3v) is 5.58. The van der Waals surface area contributed by atoms with Crippen LogP contribution in [0.2, 0.25) is 10.2 Å². The number of aromatic nitrogens is 2. The van der Waals surface area contributed by atoms with E-state index in [4.69, 9.17) is 28.2 Å². The molecule has 0 fully saturated rings. The van der Waals surface area contributed by atoms with Crippen LogP contribution in [0.4, 0.5) is 17.5 Å². The van der Waals surface area contributed by atoms with Gasteiger partial charge in [0.25, 0.3) is 0 Å². The van der Waals surface area contributed by atoms with Crippen molar-refractivity contribution >= 4 is 52.4 Å². The lowest BCUT2D eigenvalue weighted by molar-refractivity contribution is 0.316. The van der Waals surface area contributed by atoms with Crippen molar-refractivity contribution in [1.29, 1.82) is 0 Å². The van der Waals surface area contributed by atoms with Crippen LogP contribution in [-0.4, -0.2) is 54.4 Å². The van der Waals surface area contributed by atoms with Crippen molar-refractivity contribution < 1.29 is 0 Å². The maximum atomic E-state index is 6.42. The van der Waals surface area contributed by atoms with Crippen LogP contribution in [0.5, 0.6) is 0 Å². The molecule has 0 unspecified atom stereocenters. The van der Waals surface area contributed by atoms with E-state index in [9.17, 15) is 0 Å². The molecule has 0 atom stereocenters. The first-order valence-corrected chi connectivity index (χ1v) is 10.5. The summed E-state index contributed by atoms with van der Waals surface area (Å²) in [4.78, 5) is 14.3. The monoisotopic (exact) mass is 413 g/mol. The van der Waals surface area contributed by atoms with Gasteiger partial charge in [-0.25, -0.2) is 0 Å². The first-order valence-electron chi connectivity index (χ1n) is 8.57. The highest BCUT2D eigenvalue weighted by Gasteiger charge is 2.16. The van der Waals surface area contributed by atoms with Crippen LogP contribution in [0.25, 0.3) is 0 Å². The van der Waals surface area contributed by atoms with Crippen LogP contribution in [-0.2, 0) is 0 Å². The molecule has 1 aromatic carbocycles. The van der Waals surface area contributed by atoms with Crippen LogP contribution < -0.4 is 10.2 Å². The third-order valence-electron chi connectivity index (χ3n) is 4.15. The van der Waals surface area contributed by atoms with Gasteiger partial charge in [-0.2, -0.15) is 9.97 Å². The molecule has 2 aromatic rings. The van der Waals surface area contributed by atoms with Crippen molar-refractivity contribution in [2.45, 2.75) is 18.7 Å². The Bertz CT molecular complexity index is 707. The van der Waals surface area contributed by atoms with Crippen molar-refractivity contribution in [1.82, 2.24) is 14.9 Å². The number of hydrogen-bond donors (Lipinski definition) is 1. The van der Waals surface area contributed by atoms with Gasteiger partial charge < -0.3 is 15.1 Å². The van der Waals surface area contributed by atoms with E-state index in [0.29, 0.717) is 16.1 Å². The van der Waals surface area contributed by atoms with Crippen molar-refractivity contribution in [3.05, 3.63) is 34.4 Å². The van der Waals surface area contributed by atoms with E-state index in [1.807, 2.05) is 42.5 Å². The Morgan fingerprint density at radius 3 is 2.31 bits per heavy atom. The molecule has 26 heavy (non-hydrogen) atoms. The molecule has 0 saturated heterocycles. The molecule has 0 radical (unpaired) electrons. The Balaban J connectivity index is 2.23. The molecule has 1 aromatic heterocycles. The van der Waals surface area contributed by atoms with Gasteiger partial charge in [-0.3, -0.25) is 0 Å². The van der Waals surface area contributed by atoms with E-state index in [1.165, 1.54) is 0 Å². The molecule has 1 N–H and O–H groups in total. The first-order chi connectivity index (χ1) is 12.5. The van der Waals surface area contributed by atoms with E-state index in [2.05, 4.69) is 29.0 Å². The molecule has 142 valence electrons. The lowest BCUT2D eigenvalue weighted by Crippen LogP contribution is -2.29. The average Bonchev–Trinajstić information content (AvgIpc) is 2.65. The summed E-state index contributed by atoms with van der Waals surface area (Å²) >= 11 is 13.9. The number of thioether (sulfide) groups is 1. The van der Waals surface area contributed by atoms with Crippen LogP contribution >= 0.6 is 35.0 Å². The van der Waals surface area contributed by atoms with Gasteiger partial charge in [0.1, 0.15) is 11.0 Å². The summed E-state index contributed by atoms with van der Waals surface area (Å²) in [7, 11) is 1.91. The SMILES string of the molecule is CCN(CC)CCNc1nc(N(C)c2ccc(Cl)cc2)nc(Cl)c1SC. The highest BCUT2D eigenvalue weighted by atomic mass is 35.5. The van der Waals surface area contributed by atoms with E-state index in [-0.39, 0.29) is 0 Å². The van der Waals surface area contributed by atoms with E-state index >= 15 is 0 Å². The van der Waals surface area contributed by atoms with Crippen molar-refractivity contribution in [2.24, 2.45) is 0 Å². The fourth-order valence-corrected chi connectivity index (χ4v) is 3.56. The first kappa shape index (κ1) is 21.1. The van der Waals surface area contributed by atoms with Crippen LogP contribution in [0.1, 0.15) is 13.8 Å². The lowest BCUT2D eigenvalue weighted by atomic mass is 10.3. The van der Waals surface area contributed by atoms with Crippen LogP contribution in [0.3, 0.4) is 0 Å². The average molecular weight is 414 g/mol. The van der Waals surface area contributed by atoms with Gasteiger partial charge in [-0.1, -0.05) is 37.0 Å². The molecule has 0 aliphatic heterocycles. The van der Waals surface area contributed by atoms with Gasteiger partial charge in [0, 0.05) is 30.8 Å². The molecule has 0 aliphatic carbocycles.